The van der Waals surface area contributed by atoms with Gasteiger partial charge in [-0.2, -0.15) is 0 Å². The van der Waals surface area contributed by atoms with Crippen LogP contribution in [-0.2, 0) is 0 Å². The van der Waals surface area contributed by atoms with E-state index in [1.807, 2.05) is 0 Å². The summed E-state index contributed by atoms with van der Waals surface area (Å²) in [6, 6.07) is 14.8. The highest BCUT2D eigenvalue weighted by molar-refractivity contribution is 6.19. The van der Waals surface area contributed by atoms with Gasteiger partial charge in [0.05, 0.1) is 11.1 Å². The number of anilines is 1. The third-order valence-corrected chi connectivity index (χ3v) is 4.36. The fourth-order valence-corrected chi connectivity index (χ4v) is 3.09. The number of nitrogens with one attached hydrogen (secondary N) is 1. The highest BCUT2D eigenvalue weighted by Crippen LogP contribution is 2.28. The predicted octanol–water partition coefficient (Wildman–Crippen LogP) is 3.37. The number of benzene rings is 2. The van der Waals surface area contributed by atoms with Crippen LogP contribution in [-0.4, -0.2) is 23.4 Å². The van der Waals surface area contributed by atoms with Gasteiger partial charge in [-0.15, -0.1) is 0 Å². The van der Waals surface area contributed by atoms with E-state index in [-0.39, 0.29) is 39.7 Å². The van der Waals surface area contributed by atoms with Gasteiger partial charge in [0.25, 0.3) is 11.8 Å². The third kappa shape index (κ3) is 3.84. The van der Waals surface area contributed by atoms with Gasteiger partial charge in [-0.25, -0.2) is 0 Å². The Morgan fingerprint density at radius 3 is 2.03 bits per heavy atom. The van der Waals surface area contributed by atoms with Crippen molar-refractivity contribution in [2.24, 2.45) is 5.73 Å². The van der Waals surface area contributed by atoms with E-state index in [0.717, 1.165) is 0 Å². The van der Waals surface area contributed by atoms with E-state index in [1.165, 1.54) is 26.0 Å². The van der Waals surface area contributed by atoms with Gasteiger partial charge in [-0.05, 0) is 19.9 Å². The van der Waals surface area contributed by atoms with Crippen LogP contribution < -0.4 is 11.1 Å². The molecule has 0 bridgehead atoms. The van der Waals surface area contributed by atoms with Crippen LogP contribution in [0.3, 0.4) is 0 Å². The number of furan rings is 1. The molecule has 0 fully saturated rings. The molecule has 2 amide bonds. The van der Waals surface area contributed by atoms with E-state index in [2.05, 4.69) is 5.32 Å². The molecule has 7 heteroatoms. The molecule has 0 aliphatic heterocycles. The van der Waals surface area contributed by atoms with Crippen LogP contribution in [0.15, 0.2) is 59.0 Å². The lowest BCUT2D eigenvalue weighted by molar-refractivity contribution is 0.0973. The normalized spacial score (nSPS) is 10.4. The summed E-state index contributed by atoms with van der Waals surface area (Å²) >= 11 is 0. The Bertz CT molecular complexity index is 1130. The number of primary amides is 1. The second-order valence-electron chi connectivity index (χ2n) is 6.35. The fraction of sp³-hybridized carbons (Fsp3) is 0.0909. The number of aryl methyl sites for hydroxylation is 1. The van der Waals surface area contributed by atoms with Crippen LogP contribution in [0.25, 0.3) is 0 Å². The first-order chi connectivity index (χ1) is 13.8. The van der Waals surface area contributed by atoms with Gasteiger partial charge in [0, 0.05) is 11.1 Å². The van der Waals surface area contributed by atoms with Gasteiger partial charge >= 0.3 is 0 Å². The molecule has 146 valence electrons. The Labute approximate surface area is 166 Å². The van der Waals surface area contributed by atoms with Crippen molar-refractivity contribution in [2.75, 3.05) is 5.32 Å². The van der Waals surface area contributed by atoms with Gasteiger partial charge in [0.2, 0.25) is 5.88 Å². The van der Waals surface area contributed by atoms with Crippen molar-refractivity contribution in [3.63, 3.8) is 0 Å². The number of carbonyl (C=O) groups excluding carboxylic acids is 4. The van der Waals surface area contributed by atoms with Gasteiger partial charge in [-0.1, -0.05) is 48.5 Å². The zero-order valence-electron chi connectivity index (χ0n) is 15.8. The molecule has 0 unspecified atom stereocenters. The second-order valence-corrected chi connectivity index (χ2v) is 6.35. The first kappa shape index (κ1) is 19.8. The molecule has 2 aromatic carbocycles. The minimum absolute atomic E-state index is 0.0152. The molecule has 0 spiro atoms. The minimum atomic E-state index is -0.906. The van der Waals surface area contributed by atoms with E-state index >= 15 is 0 Å². The van der Waals surface area contributed by atoms with Crippen LogP contribution >= 0.6 is 0 Å². The van der Waals surface area contributed by atoms with E-state index < -0.39 is 17.6 Å². The zero-order valence-corrected chi connectivity index (χ0v) is 15.8. The lowest BCUT2D eigenvalue weighted by Gasteiger charge is -2.09. The first-order valence-corrected chi connectivity index (χ1v) is 8.75. The molecule has 3 aromatic rings. The van der Waals surface area contributed by atoms with Crippen LogP contribution in [0.1, 0.15) is 59.7 Å². The van der Waals surface area contributed by atoms with Crippen LogP contribution in [0, 0.1) is 6.92 Å². The zero-order chi connectivity index (χ0) is 21.1. The van der Waals surface area contributed by atoms with Gasteiger partial charge in [0.1, 0.15) is 11.3 Å². The number of nitrogens with two attached hydrogens (primary N) is 1. The van der Waals surface area contributed by atoms with E-state index in [0.29, 0.717) is 5.56 Å². The Morgan fingerprint density at radius 1 is 0.862 bits per heavy atom. The lowest BCUT2D eigenvalue weighted by Crippen LogP contribution is -2.20. The molecule has 3 rings (SSSR count). The number of Topliss-reactive ketones (excluding diaryl/α,β-unsaturated/α-hetero) is 1. The molecule has 0 saturated carbocycles. The van der Waals surface area contributed by atoms with Crippen molar-refractivity contribution < 1.29 is 23.6 Å². The Kier molecular flexibility index (Phi) is 5.40. The summed E-state index contributed by atoms with van der Waals surface area (Å²) in [5, 5.41) is 2.46. The predicted molar refractivity (Wildman–Crippen MR) is 106 cm³/mol. The molecule has 0 aliphatic carbocycles. The molecule has 1 heterocycles. The molecule has 0 atom stereocenters. The van der Waals surface area contributed by atoms with Crippen molar-refractivity contribution in [2.45, 2.75) is 13.8 Å². The smallest absolute Gasteiger partial charge is 0.258 e. The minimum Gasteiger partial charge on any atom is -0.444 e. The molecular formula is C22H18N2O5. The van der Waals surface area contributed by atoms with E-state index in [9.17, 15) is 19.2 Å². The van der Waals surface area contributed by atoms with Crippen molar-refractivity contribution in [1.29, 1.82) is 0 Å². The standard InChI is InChI=1S/C22H18N2O5/c1-12(25)17-13(2)29-22(18(17)20(23)27)24-21(28)16-11-7-6-10-15(16)19(26)14-8-4-3-5-9-14/h3-11H,1-2H3,(H2,23,27)(H,24,28). The van der Waals surface area contributed by atoms with Crippen molar-refractivity contribution in [1.82, 2.24) is 0 Å². The maximum absolute atomic E-state index is 12.9. The molecule has 1 aromatic heterocycles. The highest BCUT2D eigenvalue weighted by atomic mass is 16.4. The lowest BCUT2D eigenvalue weighted by atomic mass is 9.98. The average molecular weight is 390 g/mol. The van der Waals surface area contributed by atoms with Crippen LogP contribution in [0.4, 0.5) is 5.88 Å². The Hall–Kier alpha value is -4.00. The molecule has 29 heavy (non-hydrogen) atoms. The summed E-state index contributed by atoms with van der Waals surface area (Å²) in [7, 11) is 0. The first-order valence-electron chi connectivity index (χ1n) is 8.75. The molecule has 7 nitrogen and oxygen atoms in total. The van der Waals surface area contributed by atoms with Gasteiger partial charge in [-0.3, -0.25) is 24.5 Å². The summed E-state index contributed by atoms with van der Waals surface area (Å²) < 4.78 is 5.41. The van der Waals surface area contributed by atoms with Crippen molar-refractivity contribution in [3.05, 3.63) is 88.2 Å². The van der Waals surface area contributed by atoms with Crippen LogP contribution in [0.2, 0.25) is 0 Å². The number of rotatable bonds is 6. The Morgan fingerprint density at radius 2 is 1.45 bits per heavy atom. The number of hydrogen-bond donors (Lipinski definition) is 2. The fourth-order valence-electron chi connectivity index (χ4n) is 3.09. The molecular weight excluding hydrogens is 372 g/mol. The maximum atomic E-state index is 12.9. The number of carbonyl (C=O) groups is 4. The topological polar surface area (TPSA) is 119 Å². The maximum Gasteiger partial charge on any atom is 0.258 e. The molecule has 3 N–H and O–H groups in total. The molecule has 0 radical (unpaired) electrons. The summed E-state index contributed by atoms with van der Waals surface area (Å²) in [5.41, 5.74) is 5.90. The largest absolute Gasteiger partial charge is 0.444 e. The molecule has 0 aliphatic rings. The quantitative estimate of drug-likeness (QED) is 0.625. The Balaban J connectivity index is 2.00. The summed E-state index contributed by atoms with van der Waals surface area (Å²) in [6.07, 6.45) is 0. The summed E-state index contributed by atoms with van der Waals surface area (Å²) in [5.74, 6) is -2.39. The number of hydrogen-bond acceptors (Lipinski definition) is 5. The van der Waals surface area contributed by atoms with Crippen molar-refractivity contribution in [3.8, 4) is 0 Å². The average Bonchev–Trinajstić information content (AvgIpc) is 3.04. The van der Waals surface area contributed by atoms with E-state index in [1.54, 1.807) is 42.5 Å². The number of amides is 2. The monoisotopic (exact) mass is 390 g/mol. The third-order valence-electron chi connectivity index (χ3n) is 4.36. The highest BCUT2D eigenvalue weighted by Gasteiger charge is 2.27. The van der Waals surface area contributed by atoms with Crippen molar-refractivity contribution >= 4 is 29.3 Å². The van der Waals surface area contributed by atoms with Gasteiger partial charge in [0.15, 0.2) is 11.6 Å². The number of ketones is 2. The SMILES string of the molecule is CC(=O)c1c(C)oc(NC(=O)c2ccccc2C(=O)c2ccccc2)c1C(N)=O. The van der Waals surface area contributed by atoms with Gasteiger partial charge < -0.3 is 10.2 Å². The molecule has 0 saturated heterocycles. The van der Waals surface area contributed by atoms with E-state index in [4.69, 9.17) is 10.2 Å². The second kappa shape index (κ2) is 7.93. The summed E-state index contributed by atoms with van der Waals surface area (Å²) in [4.78, 5) is 49.4. The summed E-state index contributed by atoms with van der Waals surface area (Å²) in [6.45, 7) is 2.76. The van der Waals surface area contributed by atoms with Crippen LogP contribution in [0.5, 0.6) is 0 Å².